The highest BCUT2D eigenvalue weighted by Crippen LogP contribution is 2.24. The van der Waals surface area contributed by atoms with Crippen LogP contribution in [0.25, 0.3) is 0 Å². The van der Waals surface area contributed by atoms with Crippen LogP contribution in [0.5, 0.6) is 0 Å². The molecule has 0 aliphatic heterocycles. The summed E-state index contributed by atoms with van der Waals surface area (Å²) in [5.74, 6) is -3.38. The van der Waals surface area contributed by atoms with E-state index in [2.05, 4.69) is 5.32 Å². The van der Waals surface area contributed by atoms with Gasteiger partial charge in [-0.25, -0.2) is 8.78 Å². The van der Waals surface area contributed by atoms with Crippen LogP contribution in [0.2, 0.25) is 0 Å². The van der Waals surface area contributed by atoms with Crippen LogP contribution in [0.3, 0.4) is 0 Å². The molecule has 1 amide bonds. The third kappa shape index (κ3) is 5.37. The molecule has 0 saturated carbocycles. The lowest BCUT2D eigenvalue weighted by molar-refractivity contribution is -0.155. The number of anilines is 2. The Hall–Kier alpha value is -2.18. The minimum Gasteiger partial charge on any atom is -0.460 e. The summed E-state index contributed by atoms with van der Waals surface area (Å²) >= 11 is 0. The zero-order valence-corrected chi connectivity index (χ0v) is 12.1. The van der Waals surface area contributed by atoms with Crippen molar-refractivity contribution in [1.82, 2.24) is 0 Å². The maximum Gasteiger partial charge on any atom is 0.306 e. The second kappa shape index (κ2) is 6.51. The van der Waals surface area contributed by atoms with Crippen LogP contribution in [-0.2, 0) is 14.3 Å². The van der Waals surface area contributed by atoms with Crippen molar-refractivity contribution in [2.24, 2.45) is 0 Å². The molecule has 5 nitrogen and oxygen atoms in total. The van der Waals surface area contributed by atoms with Crippen LogP contribution in [0.4, 0.5) is 20.2 Å². The average molecular weight is 300 g/mol. The Kier molecular flexibility index (Phi) is 5.23. The zero-order chi connectivity index (χ0) is 16.2. The van der Waals surface area contributed by atoms with E-state index in [9.17, 15) is 18.4 Å². The van der Waals surface area contributed by atoms with Crippen molar-refractivity contribution in [3.63, 3.8) is 0 Å². The van der Waals surface area contributed by atoms with Crippen LogP contribution in [0, 0.1) is 11.6 Å². The van der Waals surface area contributed by atoms with Crippen LogP contribution in [-0.4, -0.2) is 17.5 Å². The third-order valence-corrected chi connectivity index (χ3v) is 2.38. The molecule has 21 heavy (non-hydrogen) atoms. The summed E-state index contributed by atoms with van der Waals surface area (Å²) < 4.78 is 31.1. The fourth-order valence-corrected chi connectivity index (χ4v) is 1.50. The molecular weight excluding hydrogens is 282 g/mol. The number of benzene rings is 1. The number of hydrogen-bond donors (Lipinski definition) is 2. The van der Waals surface area contributed by atoms with Gasteiger partial charge in [0.05, 0.1) is 17.8 Å². The summed E-state index contributed by atoms with van der Waals surface area (Å²) in [5.41, 5.74) is 4.20. The summed E-state index contributed by atoms with van der Waals surface area (Å²) in [5, 5.41) is 2.32. The Morgan fingerprint density at radius 3 is 2.43 bits per heavy atom. The molecule has 0 unspecified atom stereocenters. The average Bonchev–Trinajstić information content (AvgIpc) is 2.35. The number of carbonyl (C=O) groups excluding carboxylic acids is 2. The van der Waals surface area contributed by atoms with Crippen molar-refractivity contribution < 1.29 is 23.1 Å². The first-order valence-electron chi connectivity index (χ1n) is 6.35. The number of nitrogen functional groups attached to an aromatic ring is 1. The molecule has 0 atom stereocenters. The number of carbonyl (C=O) groups is 2. The number of ether oxygens (including phenoxy) is 1. The maximum absolute atomic E-state index is 13.2. The SMILES string of the molecule is CC(C)(C)OC(=O)CCC(=O)Nc1ccc(F)c(F)c1N. The van der Waals surface area contributed by atoms with Gasteiger partial charge in [-0.05, 0) is 32.9 Å². The lowest BCUT2D eigenvalue weighted by Crippen LogP contribution is -2.24. The number of hydrogen-bond acceptors (Lipinski definition) is 4. The van der Waals surface area contributed by atoms with Crippen LogP contribution < -0.4 is 11.1 Å². The first-order valence-corrected chi connectivity index (χ1v) is 6.35. The van der Waals surface area contributed by atoms with E-state index in [1.54, 1.807) is 20.8 Å². The van der Waals surface area contributed by atoms with Crippen molar-refractivity contribution >= 4 is 23.3 Å². The Balaban J connectivity index is 2.55. The smallest absolute Gasteiger partial charge is 0.306 e. The fourth-order valence-electron chi connectivity index (χ4n) is 1.50. The van der Waals surface area contributed by atoms with E-state index in [1.807, 2.05) is 0 Å². The normalized spacial score (nSPS) is 11.1. The molecule has 0 spiro atoms. The van der Waals surface area contributed by atoms with Crippen molar-refractivity contribution in [2.45, 2.75) is 39.2 Å². The lowest BCUT2D eigenvalue weighted by atomic mass is 10.2. The number of halogens is 2. The van der Waals surface area contributed by atoms with Gasteiger partial charge in [0.15, 0.2) is 11.6 Å². The largest absolute Gasteiger partial charge is 0.460 e. The van der Waals surface area contributed by atoms with Gasteiger partial charge in [0, 0.05) is 6.42 Å². The van der Waals surface area contributed by atoms with Crippen molar-refractivity contribution in [2.75, 3.05) is 11.1 Å². The predicted octanol–water partition coefficient (Wildman–Crippen LogP) is 2.61. The van der Waals surface area contributed by atoms with Gasteiger partial charge >= 0.3 is 5.97 Å². The van der Waals surface area contributed by atoms with Gasteiger partial charge in [-0.3, -0.25) is 9.59 Å². The molecule has 0 fully saturated rings. The molecule has 7 heteroatoms. The summed E-state index contributed by atoms with van der Waals surface area (Å²) in [6.45, 7) is 5.15. The molecule has 0 aromatic heterocycles. The highest BCUT2D eigenvalue weighted by molar-refractivity contribution is 5.95. The van der Waals surface area contributed by atoms with Crippen molar-refractivity contribution in [3.05, 3.63) is 23.8 Å². The molecular formula is C14H18F2N2O3. The predicted molar refractivity (Wildman–Crippen MR) is 74.5 cm³/mol. The summed E-state index contributed by atoms with van der Waals surface area (Å²) in [6, 6.07) is 2.01. The molecule has 1 aromatic rings. The lowest BCUT2D eigenvalue weighted by Gasteiger charge is -2.19. The van der Waals surface area contributed by atoms with E-state index in [0.717, 1.165) is 12.1 Å². The van der Waals surface area contributed by atoms with Crippen LogP contribution >= 0.6 is 0 Å². The van der Waals surface area contributed by atoms with Gasteiger partial charge in [0.2, 0.25) is 5.91 Å². The van der Waals surface area contributed by atoms with E-state index in [1.165, 1.54) is 0 Å². The van der Waals surface area contributed by atoms with Gasteiger partial charge in [-0.2, -0.15) is 0 Å². The Morgan fingerprint density at radius 1 is 1.24 bits per heavy atom. The highest BCUT2D eigenvalue weighted by atomic mass is 19.2. The molecule has 3 N–H and O–H groups in total. The Labute approximate surface area is 121 Å². The number of amides is 1. The van der Waals surface area contributed by atoms with E-state index < -0.39 is 34.8 Å². The third-order valence-electron chi connectivity index (χ3n) is 2.38. The molecule has 1 rings (SSSR count). The topological polar surface area (TPSA) is 81.4 Å². The van der Waals surface area contributed by atoms with Crippen molar-refractivity contribution in [1.29, 1.82) is 0 Å². The van der Waals surface area contributed by atoms with Crippen LogP contribution in [0.15, 0.2) is 12.1 Å². The minimum atomic E-state index is -1.22. The van der Waals surface area contributed by atoms with Crippen LogP contribution in [0.1, 0.15) is 33.6 Å². The minimum absolute atomic E-state index is 0.0388. The van der Waals surface area contributed by atoms with Crippen molar-refractivity contribution in [3.8, 4) is 0 Å². The summed E-state index contributed by atoms with van der Waals surface area (Å²) in [7, 11) is 0. The molecule has 0 saturated heterocycles. The quantitative estimate of drug-likeness (QED) is 0.661. The monoisotopic (exact) mass is 300 g/mol. The fraction of sp³-hybridized carbons (Fsp3) is 0.429. The summed E-state index contributed by atoms with van der Waals surface area (Å²) in [4.78, 5) is 23.1. The van der Waals surface area contributed by atoms with E-state index in [-0.39, 0.29) is 18.5 Å². The van der Waals surface area contributed by atoms with E-state index >= 15 is 0 Å². The molecule has 0 bridgehead atoms. The van der Waals surface area contributed by atoms with Gasteiger partial charge in [-0.1, -0.05) is 0 Å². The number of rotatable bonds is 4. The molecule has 0 radical (unpaired) electrons. The van der Waals surface area contributed by atoms with E-state index in [4.69, 9.17) is 10.5 Å². The van der Waals surface area contributed by atoms with E-state index in [0.29, 0.717) is 0 Å². The second-order valence-electron chi connectivity index (χ2n) is 5.46. The Morgan fingerprint density at radius 2 is 1.86 bits per heavy atom. The Bertz CT molecular complexity index is 554. The molecule has 116 valence electrons. The maximum atomic E-state index is 13.2. The van der Waals surface area contributed by atoms with Gasteiger partial charge in [-0.15, -0.1) is 0 Å². The van der Waals surface area contributed by atoms with Gasteiger partial charge in [0.1, 0.15) is 5.60 Å². The number of esters is 1. The number of nitrogens with two attached hydrogens (primary N) is 1. The van der Waals surface area contributed by atoms with Gasteiger partial charge in [0.25, 0.3) is 0 Å². The first kappa shape index (κ1) is 16.9. The van der Waals surface area contributed by atoms with Gasteiger partial charge < -0.3 is 15.8 Å². The standard InChI is InChI=1S/C14H18F2N2O3/c1-14(2,3)21-11(20)7-6-10(19)18-9-5-4-8(15)12(16)13(9)17/h4-5H,6-7,17H2,1-3H3,(H,18,19). The second-order valence-corrected chi connectivity index (χ2v) is 5.46. The molecule has 0 aliphatic carbocycles. The zero-order valence-electron chi connectivity index (χ0n) is 12.1. The number of nitrogens with one attached hydrogen (secondary N) is 1. The molecule has 1 aromatic carbocycles. The molecule has 0 aliphatic rings. The molecule has 0 heterocycles. The first-order chi connectivity index (χ1) is 9.60. The highest BCUT2D eigenvalue weighted by Gasteiger charge is 2.18. The summed E-state index contributed by atoms with van der Waals surface area (Å²) in [6.07, 6.45) is -0.264.